The first-order chi connectivity index (χ1) is 8.72. The minimum atomic E-state index is 0.656. The van der Waals surface area contributed by atoms with Gasteiger partial charge in [0.1, 0.15) is 0 Å². The van der Waals surface area contributed by atoms with E-state index in [-0.39, 0.29) is 0 Å². The molecule has 1 aromatic carbocycles. The monoisotopic (exact) mass is 243 g/mol. The first kappa shape index (κ1) is 13.4. The van der Waals surface area contributed by atoms with Gasteiger partial charge >= 0.3 is 0 Å². The Morgan fingerprint density at radius 3 is 2.78 bits per heavy atom. The molecule has 0 aliphatic heterocycles. The van der Waals surface area contributed by atoms with Crippen molar-refractivity contribution in [3.8, 4) is 0 Å². The zero-order valence-corrected chi connectivity index (χ0v) is 11.9. The third kappa shape index (κ3) is 3.02. The molecule has 0 bridgehead atoms. The third-order valence-corrected chi connectivity index (χ3v) is 4.18. The van der Waals surface area contributed by atoms with E-state index in [4.69, 9.17) is 0 Å². The van der Waals surface area contributed by atoms with E-state index in [1.165, 1.54) is 36.8 Å². The molecule has 98 valence electrons. The van der Waals surface area contributed by atoms with E-state index in [1.807, 2.05) is 0 Å². The minimum absolute atomic E-state index is 0.656. The molecule has 1 aliphatic carbocycles. The van der Waals surface area contributed by atoms with Gasteiger partial charge in [0.05, 0.1) is 0 Å². The zero-order valence-electron chi connectivity index (χ0n) is 11.9. The molecule has 1 heteroatoms. The Bertz CT molecular complexity index is 419. The van der Waals surface area contributed by atoms with Crippen molar-refractivity contribution in [1.82, 2.24) is 4.90 Å². The van der Waals surface area contributed by atoms with E-state index < -0.39 is 0 Å². The van der Waals surface area contributed by atoms with E-state index >= 15 is 0 Å². The van der Waals surface area contributed by atoms with Gasteiger partial charge in [-0.3, -0.25) is 4.90 Å². The maximum absolute atomic E-state index is 2.49. The second-order valence-corrected chi connectivity index (χ2v) is 5.41. The number of aryl methyl sites for hydroxylation is 1. The van der Waals surface area contributed by atoms with Crippen LogP contribution in [0.15, 0.2) is 29.8 Å². The summed E-state index contributed by atoms with van der Waals surface area (Å²) in [5.74, 6) is 0. The topological polar surface area (TPSA) is 3.24 Å². The summed E-state index contributed by atoms with van der Waals surface area (Å²) < 4.78 is 0. The minimum Gasteiger partial charge on any atom is -0.300 e. The van der Waals surface area contributed by atoms with Crippen LogP contribution in [0.2, 0.25) is 0 Å². The van der Waals surface area contributed by atoms with Crippen molar-refractivity contribution < 1.29 is 0 Å². The fraction of sp³-hybridized carbons (Fsp3) is 0.529. The molecule has 1 nitrogen and oxygen atoms in total. The fourth-order valence-electron chi connectivity index (χ4n) is 2.86. The Labute approximate surface area is 112 Å². The van der Waals surface area contributed by atoms with Gasteiger partial charge in [0, 0.05) is 6.04 Å². The van der Waals surface area contributed by atoms with Gasteiger partial charge in [-0.2, -0.15) is 0 Å². The molecule has 1 saturated carbocycles. The molecule has 0 N–H and O–H groups in total. The molecule has 1 fully saturated rings. The maximum atomic E-state index is 2.49. The molecule has 1 aliphatic rings. The number of benzene rings is 1. The standard InChI is InChI=1S/C17H25N/c1-4-18(3)17-12-8-7-11-16(17)13-15-10-6-5-9-14(15)2/h5-6,9-10,13,17H,4,7-8,11-12H2,1-3H3. The quantitative estimate of drug-likeness (QED) is 0.766. The highest BCUT2D eigenvalue weighted by atomic mass is 15.1. The van der Waals surface area contributed by atoms with Crippen molar-refractivity contribution in [2.75, 3.05) is 13.6 Å². The van der Waals surface area contributed by atoms with Crippen LogP contribution >= 0.6 is 0 Å². The molecule has 0 aromatic heterocycles. The van der Waals surface area contributed by atoms with Gasteiger partial charge < -0.3 is 0 Å². The van der Waals surface area contributed by atoms with Crippen LogP contribution in [0.25, 0.3) is 6.08 Å². The predicted molar refractivity (Wildman–Crippen MR) is 79.7 cm³/mol. The second kappa shape index (κ2) is 6.19. The van der Waals surface area contributed by atoms with Gasteiger partial charge in [-0.15, -0.1) is 0 Å². The predicted octanol–water partition coefficient (Wildman–Crippen LogP) is 4.27. The molecule has 0 amide bonds. The lowest BCUT2D eigenvalue weighted by atomic mass is 9.87. The highest BCUT2D eigenvalue weighted by Gasteiger charge is 2.21. The van der Waals surface area contributed by atoms with E-state index in [0.29, 0.717) is 6.04 Å². The summed E-state index contributed by atoms with van der Waals surface area (Å²) in [6.45, 7) is 5.59. The summed E-state index contributed by atoms with van der Waals surface area (Å²) in [7, 11) is 2.25. The van der Waals surface area contributed by atoms with Gasteiger partial charge in [0.15, 0.2) is 0 Å². The SMILES string of the molecule is CCN(C)C1CCCCC1=Cc1ccccc1C. The summed E-state index contributed by atoms with van der Waals surface area (Å²) in [5.41, 5.74) is 4.40. The number of hydrogen-bond acceptors (Lipinski definition) is 1. The Hall–Kier alpha value is -1.08. The van der Waals surface area contributed by atoms with Crippen LogP contribution in [-0.2, 0) is 0 Å². The number of rotatable bonds is 3. The molecule has 18 heavy (non-hydrogen) atoms. The molecule has 0 saturated heterocycles. The molecule has 1 aromatic rings. The number of nitrogens with zero attached hydrogens (tertiary/aromatic N) is 1. The summed E-state index contributed by atoms with van der Waals surface area (Å²) in [4.78, 5) is 2.49. The highest BCUT2D eigenvalue weighted by molar-refractivity contribution is 5.57. The van der Waals surface area contributed by atoms with Crippen molar-refractivity contribution in [2.45, 2.75) is 45.6 Å². The summed E-state index contributed by atoms with van der Waals surface area (Å²) in [6.07, 6.45) is 7.75. The average Bonchev–Trinajstić information content (AvgIpc) is 2.41. The van der Waals surface area contributed by atoms with E-state index in [2.05, 4.69) is 56.1 Å². The van der Waals surface area contributed by atoms with Crippen molar-refractivity contribution in [3.05, 3.63) is 41.0 Å². The average molecular weight is 243 g/mol. The van der Waals surface area contributed by atoms with Crippen LogP contribution in [-0.4, -0.2) is 24.5 Å². The van der Waals surface area contributed by atoms with Gasteiger partial charge in [0.25, 0.3) is 0 Å². The second-order valence-electron chi connectivity index (χ2n) is 5.41. The molecule has 0 heterocycles. The molecule has 0 radical (unpaired) electrons. The first-order valence-electron chi connectivity index (χ1n) is 7.18. The van der Waals surface area contributed by atoms with Crippen molar-refractivity contribution >= 4 is 6.08 Å². The smallest absolute Gasteiger partial charge is 0.0307 e. The lowest BCUT2D eigenvalue weighted by Crippen LogP contribution is -2.34. The van der Waals surface area contributed by atoms with Gasteiger partial charge in [0.2, 0.25) is 0 Å². The van der Waals surface area contributed by atoms with Crippen LogP contribution in [0, 0.1) is 6.92 Å². The summed E-state index contributed by atoms with van der Waals surface area (Å²) >= 11 is 0. The first-order valence-corrected chi connectivity index (χ1v) is 7.18. The molecular formula is C17H25N. The van der Waals surface area contributed by atoms with Gasteiger partial charge in [-0.1, -0.05) is 49.3 Å². The van der Waals surface area contributed by atoms with E-state index in [0.717, 1.165) is 6.54 Å². The highest BCUT2D eigenvalue weighted by Crippen LogP contribution is 2.29. The molecular weight excluding hydrogens is 218 g/mol. The maximum Gasteiger partial charge on any atom is 0.0307 e. The van der Waals surface area contributed by atoms with Gasteiger partial charge in [-0.05, 0) is 50.9 Å². The zero-order chi connectivity index (χ0) is 13.0. The van der Waals surface area contributed by atoms with Crippen LogP contribution in [0.1, 0.15) is 43.7 Å². The van der Waals surface area contributed by atoms with Crippen molar-refractivity contribution in [3.63, 3.8) is 0 Å². The van der Waals surface area contributed by atoms with Crippen LogP contribution in [0.3, 0.4) is 0 Å². The van der Waals surface area contributed by atoms with Crippen molar-refractivity contribution in [2.24, 2.45) is 0 Å². The Morgan fingerprint density at radius 1 is 1.28 bits per heavy atom. The van der Waals surface area contributed by atoms with E-state index in [9.17, 15) is 0 Å². The van der Waals surface area contributed by atoms with Crippen molar-refractivity contribution in [1.29, 1.82) is 0 Å². The molecule has 1 atom stereocenters. The Balaban J connectivity index is 2.26. The van der Waals surface area contributed by atoms with Crippen LogP contribution in [0.4, 0.5) is 0 Å². The fourth-order valence-corrected chi connectivity index (χ4v) is 2.86. The largest absolute Gasteiger partial charge is 0.300 e. The third-order valence-electron chi connectivity index (χ3n) is 4.18. The normalized spacial score (nSPS) is 22.7. The molecule has 0 spiro atoms. The van der Waals surface area contributed by atoms with E-state index in [1.54, 1.807) is 5.57 Å². The lowest BCUT2D eigenvalue weighted by Gasteiger charge is -2.33. The molecule has 1 unspecified atom stereocenters. The Morgan fingerprint density at radius 2 is 2.06 bits per heavy atom. The summed E-state index contributed by atoms with van der Waals surface area (Å²) in [6, 6.07) is 9.35. The van der Waals surface area contributed by atoms with Gasteiger partial charge in [-0.25, -0.2) is 0 Å². The number of likely N-dealkylation sites (N-methyl/N-ethyl adjacent to an activating group) is 1. The Kier molecular flexibility index (Phi) is 4.60. The van der Waals surface area contributed by atoms with Crippen LogP contribution in [0.5, 0.6) is 0 Å². The van der Waals surface area contributed by atoms with Crippen LogP contribution < -0.4 is 0 Å². The number of hydrogen-bond donors (Lipinski definition) is 0. The molecule has 2 rings (SSSR count). The lowest BCUT2D eigenvalue weighted by molar-refractivity contribution is 0.250. The summed E-state index contributed by atoms with van der Waals surface area (Å²) in [5, 5.41) is 0.